The van der Waals surface area contributed by atoms with Gasteiger partial charge in [-0.2, -0.15) is 0 Å². The molecule has 1 aromatic rings. The lowest BCUT2D eigenvalue weighted by Gasteiger charge is -2.28. The summed E-state index contributed by atoms with van der Waals surface area (Å²) in [5, 5.41) is 8.84. The van der Waals surface area contributed by atoms with Crippen LogP contribution in [0.15, 0.2) is 24.3 Å². The first-order valence-electron chi connectivity index (χ1n) is 8.05. The minimum atomic E-state index is -0.691. The third kappa shape index (κ3) is 5.46. The van der Waals surface area contributed by atoms with E-state index in [0.717, 1.165) is 25.9 Å². The summed E-state index contributed by atoms with van der Waals surface area (Å²) in [5.74, 6) is -1.48. The molecule has 7 heteroatoms. The Morgan fingerprint density at radius 3 is 2.58 bits per heavy atom. The molecule has 1 heterocycles. The maximum absolute atomic E-state index is 13.7. The molecule has 2 amide bonds. The van der Waals surface area contributed by atoms with Gasteiger partial charge in [0.05, 0.1) is 5.56 Å². The van der Waals surface area contributed by atoms with Crippen LogP contribution >= 0.6 is 12.4 Å². The van der Waals surface area contributed by atoms with Crippen LogP contribution in [0, 0.1) is 11.7 Å². The topological polar surface area (TPSA) is 70.2 Å². The van der Waals surface area contributed by atoms with Gasteiger partial charge in [-0.15, -0.1) is 12.4 Å². The zero-order valence-corrected chi connectivity index (χ0v) is 14.8. The first-order valence-corrected chi connectivity index (χ1v) is 8.05. The largest absolute Gasteiger partial charge is 0.350 e. The van der Waals surface area contributed by atoms with E-state index in [4.69, 9.17) is 0 Å². The van der Waals surface area contributed by atoms with Gasteiger partial charge in [-0.1, -0.05) is 26.0 Å². The highest BCUT2D eigenvalue weighted by atomic mass is 35.5. The molecular formula is C17H25ClFN3O2. The van der Waals surface area contributed by atoms with Crippen LogP contribution in [0.2, 0.25) is 0 Å². The fourth-order valence-corrected chi connectivity index (χ4v) is 2.67. The molecule has 0 spiro atoms. The molecule has 1 aliphatic heterocycles. The zero-order valence-electron chi connectivity index (χ0n) is 14.0. The first-order chi connectivity index (χ1) is 11.0. The third-order valence-corrected chi connectivity index (χ3v) is 4.00. The molecule has 0 aromatic heterocycles. The number of carbonyl (C=O) groups excluding carboxylic acids is 2. The van der Waals surface area contributed by atoms with Gasteiger partial charge < -0.3 is 16.0 Å². The van der Waals surface area contributed by atoms with Gasteiger partial charge >= 0.3 is 0 Å². The van der Waals surface area contributed by atoms with E-state index in [-0.39, 0.29) is 35.8 Å². The van der Waals surface area contributed by atoms with Gasteiger partial charge in [0.2, 0.25) is 5.91 Å². The number of rotatable bonds is 5. The maximum Gasteiger partial charge on any atom is 0.254 e. The lowest BCUT2D eigenvalue weighted by molar-refractivity contribution is -0.124. The molecular weight excluding hydrogens is 333 g/mol. The highest BCUT2D eigenvalue weighted by Crippen LogP contribution is 2.10. The van der Waals surface area contributed by atoms with Crippen molar-refractivity contribution in [1.82, 2.24) is 16.0 Å². The number of nitrogens with one attached hydrogen (secondary N) is 3. The summed E-state index contributed by atoms with van der Waals surface area (Å²) in [4.78, 5) is 24.7. The number of hydrogen-bond acceptors (Lipinski definition) is 3. The quantitative estimate of drug-likeness (QED) is 0.753. The Morgan fingerprint density at radius 1 is 1.29 bits per heavy atom. The average Bonchev–Trinajstić information content (AvgIpc) is 2.53. The highest BCUT2D eigenvalue weighted by molar-refractivity contribution is 5.97. The molecule has 5 nitrogen and oxygen atoms in total. The third-order valence-electron chi connectivity index (χ3n) is 4.00. The Bertz CT molecular complexity index is 563. The van der Waals surface area contributed by atoms with E-state index >= 15 is 0 Å². The second kappa shape index (κ2) is 9.59. The van der Waals surface area contributed by atoms with Crippen molar-refractivity contribution in [2.24, 2.45) is 5.92 Å². The van der Waals surface area contributed by atoms with Gasteiger partial charge in [0, 0.05) is 12.6 Å². The van der Waals surface area contributed by atoms with Crippen LogP contribution < -0.4 is 16.0 Å². The summed E-state index contributed by atoms with van der Waals surface area (Å²) in [6, 6.07) is 5.13. The van der Waals surface area contributed by atoms with Gasteiger partial charge in [0.25, 0.3) is 5.91 Å². The molecule has 24 heavy (non-hydrogen) atoms. The van der Waals surface area contributed by atoms with Crippen LogP contribution in [0.1, 0.15) is 37.0 Å². The summed E-state index contributed by atoms with van der Waals surface area (Å²) in [5.41, 5.74) is -0.0507. The number of benzene rings is 1. The molecule has 1 aromatic carbocycles. The fraction of sp³-hybridized carbons (Fsp3) is 0.529. The monoisotopic (exact) mass is 357 g/mol. The lowest BCUT2D eigenvalue weighted by Crippen LogP contribution is -2.54. The van der Waals surface area contributed by atoms with Crippen molar-refractivity contribution in [1.29, 1.82) is 0 Å². The predicted octanol–water partition coefficient (Wildman–Crippen LogP) is 1.87. The molecule has 134 valence electrons. The Kier molecular flexibility index (Phi) is 8.15. The second-order valence-corrected chi connectivity index (χ2v) is 6.23. The minimum absolute atomic E-state index is 0. The minimum Gasteiger partial charge on any atom is -0.350 e. The van der Waals surface area contributed by atoms with Gasteiger partial charge in [-0.3, -0.25) is 9.59 Å². The van der Waals surface area contributed by atoms with Crippen LogP contribution in [0.4, 0.5) is 4.39 Å². The molecule has 0 aliphatic carbocycles. The van der Waals surface area contributed by atoms with Crippen molar-refractivity contribution in [3.63, 3.8) is 0 Å². The van der Waals surface area contributed by atoms with E-state index in [1.165, 1.54) is 18.2 Å². The molecule has 2 atom stereocenters. The van der Waals surface area contributed by atoms with Gasteiger partial charge in [0.15, 0.2) is 0 Å². The smallest absolute Gasteiger partial charge is 0.254 e. The van der Waals surface area contributed by atoms with E-state index in [1.807, 2.05) is 13.8 Å². The Balaban J connectivity index is 0.00000288. The number of amides is 2. The predicted molar refractivity (Wildman–Crippen MR) is 93.8 cm³/mol. The van der Waals surface area contributed by atoms with Crippen molar-refractivity contribution < 1.29 is 14.0 Å². The first kappa shape index (κ1) is 20.4. The molecule has 2 unspecified atom stereocenters. The lowest BCUT2D eigenvalue weighted by atomic mass is 10.0. The molecule has 0 radical (unpaired) electrons. The van der Waals surface area contributed by atoms with Crippen molar-refractivity contribution in [2.45, 2.75) is 38.8 Å². The number of hydrogen-bond donors (Lipinski definition) is 3. The van der Waals surface area contributed by atoms with Crippen LogP contribution in [-0.4, -0.2) is 37.0 Å². The van der Waals surface area contributed by atoms with Crippen molar-refractivity contribution >= 4 is 24.2 Å². The van der Waals surface area contributed by atoms with Crippen molar-refractivity contribution in [2.75, 3.05) is 13.1 Å². The summed E-state index contributed by atoms with van der Waals surface area (Å²) in [7, 11) is 0. The van der Waals surface area contributed by atoms with E-state index in [2.05, 4.69) is 16.0 Å². The fourth-order valence-electron chi connectivity index (χ4n) is 2.67. The van der Waals surface area contributed by atoms with E-state index < -0.39 is 17.8 Å². The molecule has 1 fully saturated rings. The Labute approximate surface area is 148 Å². The maximum atomic E-state index is 13.7. The van der Waals surface area contributed by atoms with Gasteiger partial charge in [-0.25, -0.2) is 4.39 Å². The number of piperidine rings is 1. The number of halogens is 2. The summed E-state index contributed by atoms with van der Waals surface area (Å²) in [6.45, 7) is 5.40. The summed E-state index contributed by atoms with van der Waals surface area (Å²) >= 11 is 0. The van der Waals surface area contributed by atoms with Gasteiger partial charge in [0.1, 0.15) is 11.9 Å². The van der Waals surface area contributed by atoms with Crippen LogP contribution in [0.25, 0.3) is 0 Å². The SMILES string of the molecule is CC(C)C(NC(=O)c1ccccc1F)C(=O)NC1CCCNC1.Cl. The van der Waals surface area contributed by atoms with E-state index in [0.29, 0.717) is 0 Å². The van der Waals surface area contributed by atoms with E-state index in [1.54, 1.807) is 6.07 Å². The van der Waals surface area contributed by atoms with Gasteiger partial charge in [-0.05, 0) is 37.4 Å². The molecule has 2 rings (SSSR count). The van der Waals surface area contributed by atoms with E-state index in [9.17, 15) is 14.0 Å². The van der Waals surface area contributed by atoms with Crippen molar-refractivity contribution in [3.8, 4) is 0 Å². The molecule has 0 saturated carbocycles. The summed E-state index contributed by atoms with van der Waals surface area (Å²) in [6.07, 6.45) is 1.93. The molecule has 3 N–H and O–H groups in total. The molecule has 1 saturated heterocycles. The van der Waals surface area contributed by atoms with Crippen LogP contribution in [0.5, 0.6) is 0 Å². The summed E-state index contributed by atoms with van der Waals surface area (Å²) < 4.78 is 13.7. The zero-order chi connectivity index (χ0) is 16.8. The Hall–Kier alpha value is -1.66. The molecule has 0 bridgehead atoms. The van der Waals surface area contributed by atoms with Crippen molar-refractivity contribution in [3.05, 3.63) is 35.6 Å². The highest BCUT2D eigenvalue weighted by Gasteiger charge is 2.27. The second-order valence-electron chi connectivity index (χ2n) is 6.23. The molecule has 1 aliphatic rings. The standard InChI is InChI=1S/C17H24FN3O2.ClH/c1-11(2)15(17(23)20-12-6-5-9-19-10-12)21-16(22)13-7-3-4-8-14(13)18;/h3-4,7-8,11-12,15,19H,5-6,9-10H2,1-2H3,(H,20,23)(H,21,22);1H. The normalized spacial score (nSPS) is 18.4. The average molecular weight is 358 g/mol. The Morgan fingerprint density at radius 2 is 2.00 bits per heavy atom. The van der Waals surface area contributed by atoms with Crippen LogP contribution in [0.3, 0.4) is 0 Å². The number of carbonyl (C=O) groups is 2. The van der Waals surface area contributed by atoms with Crippen LogP contribution in [-0.2, 0) is 4.79 Å².